The highest BCUT2D eigenvalue weighted by Gasteiger charge is 2.31. The topological polar surface area (TPSA) is 50.4 Å². The molecule has 0 spiro atoms. The Hall–Kier alpha value is -1.67. The third-order valence-corrected chi connectivity index (χ3v) is 3.00. The number of nitrogens with one attached hydrogen (secondary N) is 2. The van der Waals surface area contributed by atoms with Gasteiger partial charge in [0.15, 0.2) is 0 Å². The summed E-state index contributed by atoms with van der Waals surface area (Å²) in [5.74, 6) is -1.49. The van der Waals surface area contributed by atoms with Crippen LogP contribution in [0.5, 0.6) is 0 Å². The van der Waals surface area contributed by atoms with E-state index >= 15 is 0 Å². The Morgan fingerprint density at radius 1 is 1.43 bits per heavy atom. The van der Waals surface area contributed by atoms with E-state index in [-0.39, 0.29) is 12.5 Å². The van der Waals surface area contributed by atoms with Crippen LogP contribution in [0.3, 0.4) is 0 Å². The van der Waals surface area contributed by atoms with Crippen LogP contribution < -0.4 is 10.6 Å². The largest absolute Gasteiger partial charge is 0.416 e. The number of carbonyl (C=O) groups excluding carboxylic acids is 1. The van der Waals surface area contributed by atoms with E-state index in [2.05, 4.69) is 10.6 Å². The normalized spacial score (nSPS) is 19.3. The van der Waals surface area contributed by atoms with Gasteiger partial charge in [0.1, 0.15) is 5.82 Å². The van der Waals surface area contributed by atoms with Crippen LogP contribution in [-0.2, 0) is 15.7 Å². The first-order chi connectivity index (χ1) is 9.86. The first kappa shape index (κ1) is 15.7. The molecule has 0 aromatic heterocycles. The lowest BCUT2D eigenvalue weighted by Gasteiger charge is -2.23. The number of alkyl halides is 3. The van der Waals surface area contributed by atoms with Gasteiger partial charge in [-0.1, -0.05) is 0 Å². The summed E-state index contributed by atoms with van der Waals surface area (Å²) in [4.78, 5) is 11.7. The molecule has 1 unspecified atom stereocenters. The van der Waals surface area contributed by atoms with Crippen LogP contribution in [0.25, 0.3) is 0 Å². The fraction of sp³-hybridized carbons (Fsp3) is 0.462. The number of ether oxygens (including phenoxy) is 1. The molecule has 21 heavy (non-hydrogen) atoms. The van der Waals surface area contributed by atoms with E-state index in [0.29, 0.717) is 38.0 Å². The van der Waals surface area contributed by atoms with Crippen LogP contribution in [0.15, 0.2) is 18.2 Å². The molecule has 1 heterocycles. The Kier molecular flexibility index (Phi) is 4.79. The Morgan fingerprint density at radius 2 is 2.19 bits per heavy atom. The summed E-state index contributed by atoms with van der Waals surface area (Å²) in [6.07, 6.45) is -4.60. The number of rotatable bonds is 3. The van der Waals surface area contributed by atoms with E-state index in [4.69, 9.17) is 4.74 Å². The molecular weight excluding hydrogens is 292 g/mol. The zero-order valence-electron chi connectivity index (χ0n) is 11.0. The summed E-state index contributed by atoms with van der Waals surface area (Å²) in [5, 5.41) is 5.19. The second-order valence-electron chi connectivity index (χ2n) is 4.67. The van der Waals surface area contributed by atoms with Gasteiger partial charge in [0.25, 0.3) is 0 Å². The minimum atomic E-state index is -4.59. The van der Waals surface area contributed by atoms with Gasteiger partial charge in [-0.25, -0.2) is 4.39 Å². The number of carbonyl (C=O) groups is 1. The van der Waals surface area contributed by atoms with Crippen LogP contribution >= 0.6 is 0 Å². The monoisotopic (exact) mass is 306 g/mol. The van der Waals surface area contributed by atoms with Crippen LogP contribution in [0, 0.1) is 5.82 Å². The van der Waals surface area contributed by atoms with Gasteiger partial charge < -0.3 is 15.4 Å². The molecule has 1 amide bonds. The predicted octanol–water partition coefficient (Wildman–Crippen LogP) is 2.16. The fourth-order valence-corrected chi connectivity index (χ4v) is 1.97. The molecule has 1 fully saturated rings. The van der Waals surface area contributed by atoms with Gasteiger partial charge in [0.2, 0.25) is 5.91 Å². The van der Waals surface area contributed by atoms with E-state index in [1.54, 1.807) is 0 Å². The fourth-order valence-electron chi connectivity index (χ4n) is 1.97. The first-order valence-electron chi connectivity index (χ1n) is 6.34. The van der Waals surface area contributed by atoms with E-state index in [1.807, 2.05) is 0 Å². The maximum Gasteiger partial charge on any atom is 0.416 e. The molecule has 2 rings (SSSR count). The van der Waals surface area contributed by atoms with Crippen molar-refractivity contribution in [2.45, 2.75) is 18.6 Å². The molecule has 4 nitrogen and oxygen atoms in total. The van der Waals surface area contributed by atoms with Crippen LogP contribution in [-0.4, -0.2) is 31.7 Å². The molecule has 1 aliphatic heterocycles. The second kappa shape index (κ2) is 6.40. The summed E-state index contributed by atoms with van der Waals surface area (Å²) in [7, 11) is 0. The summed E-state index contributed by atoms with van der Waals surface area (Å²) >= 11 is 0. The molecule has 1 saturated heterocycles. The van der Waals surface area contributed by atoms with Gasteiger partial charge in [0, 0.05) is 19.0 Å². The average molecular weight is 306 g/mol. The highest BCUT2D eigenvalue weighted by Crippen LogP contribution is 2.31. The van der Waals surface area contributed by atoms with Crippen LogP contribution in [0.2, 0.25) is 0 Å². The van der Waals surface area contributed by atoms with Crippen molar-refractivity contribution in [3.8, 4) is 0 Å². The molecular formula is C13H14F4N2O2. The minimum Gasteiger partial charge on any atom is -0.378 e. The molecule has 1 aromatic carbocycles. The highest BCUT2D eigenvalue weighted by atomic mass is 19.4. The van der Waals surface area contributed by atoms with Gasteiger partial charge >= 0.3 is 6.18 Å². The van der Waals surface area contributed by atoms with E-state index < -0.39 is 29.2 Å². The lowest BCUT2D eigenvalue weighted by Crippen LogP contribution is -2.43. The van der Waals surface area contributed by atoms with Crippen molar-refractivity contribution in [2.75, 3.05) is 25.1 Å². The number of halogens is 4. The summed E-state index contributed by atoms with van der Waals surface area (Å²) < 4.78 is 56.3. The quantitative estimate of drug-likeness (QED) is 0.842. The smallest absolute Gasteiger partial charge is 0.378 e. The van der Waals surface area contributed by atoms with Crippen molar-refractivity contribution in [1.82, 2.24) is 5.32 Å². The standard InChI is InChI=1S/C13H14F4N2O2/c14-10-2-1-8(13(15,16)17)5-11(10)19-12(20)6-9-7-21-4-3-18-9/h1-2,5,9,18H,3-4,6-7H2,(H,19,20). The SMILES string of the molecule is O=C(CC1COCCN1)Nc1cc(C(F)(F)F)ccc1F. The number of hydrogen-bond acceptors (Lipinski definition) is 3. The summed E-state index contributed by atoms with van der Waals surface area (Å²) in [6.45, 7) is 1.47. The Labute approximate surface area is 118 Å². The number of hydrogen-bond donors (Lipinski definition) is 2. The van der Waals surface area contributed by atoms with Crippen molar-refractivity contribution >= 4 is 11.6 Å². The van der Waals surface area contributed by atoms with E-state index in [0.717, 1.165) is 0 Å². The summed E-state index contributed by atoms with van der Waals surface area (Å²) in [5.41, 5.74) is -1.50. The van der Waals surface area contributed by atoms with Crippen molar-refractivity contribution < 1.29 is 27.1 Å². The molecule has 116 valence electrons. The Balaban J connectivity index is 2.02. The van der Waals surface area contributed by atoms with Gasteiger partial charge in [-0.2, -0.15) is 13.2 Å². The second-order valence-corrected chi connectivity index (χ2v) is 4.67. The molecule has 0 saturated carbocycles. The van der Waals surface area contributed by atoms with Crippen molar-refractivity contribution in [1.29, 1.82) is 0 Å². The average Bonchev–Trinajstić information content (AvgIpc) is 2.41. The van der Waals surface area contributed by atoms with Crippen molar-refractivity contribution in [3.63, 3.8) is 0 Å². The first-order valence-corrected chi connectivity index (χ1v) is 6.34. The number of morpholine rings is 1. The van der Waals surface area contributed by atoms with Crippen LogP contribution in [0.1, 0.15) is 12.0 Å². The van der Waals surface area contributed by atoms with E-state index in [1.165, 1.54) is 0 Å². The molecule has 0 radical (unpaired) electrons. The lowest BCUT2D eigenvalue weighted by molar-refractivity contribution is -0.137. The Morgan fingerprint density at radius 3 is 2.81 bits per heavy atom. The van der Waals surface area contributed by atoms with Gasteiger partial charge in [0.05, 0.1) is 24.5 Å². The molecule has 1 atom stereocenters. The number of amides is 1. The van der Waals surface area contributed by atoms with Crippen LogP contribution in [0.4, 0.5) is 23.2 Å². The zero-order valence-corrected chi connectivity index (χ0v) is 11.0. The predicted molar refractivity (Wildman–Crippen MR) is 67.3 cm³/mol. The van der Waals surface area contributed by atoms with E-state index in [9.17, 15) is 22.4 Å². The minimum absolute atomic E-state index is 0.00428. The van der Waals surface area contributed by atoms with Gasteiger partial charge in [-0.15, -0.1) is 0 Å². The summed E-state index contributed by atoms with van der Waals surface area (Å²) in [6, 6.07) is 1.66. The highest BCUT2D eigenvalue weighted by molar-refractivity contribution is 5.91. The molecule has 0 aliphatic carbocycles. The van der Waals surface area contributed by atoms with Crippen molar-refractivity contribution in [3.05, 3.63) is 29.6 Å². The third-order valence-electron chi connectivity index (χ3n) is 3.00. The molecule has 1 aliphatic rings. The molecule has 1 aromatic rings. The Bertz CT molecular complexity index is 513. The lowest BCUT2D eigenvalue weighted by atomic mass is 10.1. The maximum atomic E-state index is 13.5. The third kappa shape index (κ3) is 4.40. The molecule has 0 bridgehead atoms. The maximum absolute atomic E-state index is 13.5. The van der Waals surface area contributed by atoms with Crippen molar-refractivity contribution in [2.24, 2.45) is 0 Å². The number of anilines is 1. The van der Waals surface area contributed by atoms with Gasteiger partial charge in [-0.3, -0.25) is 4.79 Å². The van der Waals surface area contributed by atoms with Gasteiger partial charge in [-0.05, 0) is 18.2 Å². The number of benzene rings is 1. The molecule has 2 N–H and O–H groups in total. The zero-order chi connectivity index (χ0) is 15.5. The molecule has 8 heteroatoms.